The minimum atomic E-state index is -0.991. The molecular formula is C14H16N2O3. The SMILES string of the molecule is Cc1c(NC(=O)N2CC=CCC2)cccc1C(=O)O. The summed E-state index contributed by atoms with van der Waals surface area (Å²) in [6.07, 6.45) is 4.84. The van der Waals surface area contributed by atoms with Gasteiger partial charge < -0.3 is 15.3 Å². The standard InChI is InChI=1S/C14H16N2O3/c1-10-11(13(17)18)6-5-7-12(10)15-14(19)16-8-3-2-4-9-16/h2-3,5-7H,4,8-9H2,1H3,(H,15,19)(H,17,18). The summed E-state index contributed by atoms with van der Waals surface area (Å²) in [4.78, 5) is 24.8. The van der Waals surface area contributed by atoms with E-state index in [0.717, 1.165) is 6.42 Å². The molecule has 0 saturated carbocycles. The number of urea groups is 1. The molecule has 1 aliphatic rings. The van der Waals surface area contributed by atoms with Crippen molar-refractivity contribution in [2.75, 3.05) is 18.4 Å². The number of nitrogens with one attached hydrogen (secondary N) is 1. The zero-order valence-electron chi connectivity index (χ0n) is 10.7. The number of carboxylic acid groups (broad SMARTS) is 1. The Bertz CT molecular complexity index is 537. The average Bonchev–Trinajstić information content (AvgIpc) is 2.41. The highest BCUT2D eigenvalue weighted by atomic mass is 16.4. The quantitative estimate of drug-likeness (QED) is 0.803. The first-order valence-corrected chi connectivity index (χ1v) is 6.13. The first-order valence-electron chi connectivity index (χ1n) is 6.13. The van der Waals surface area contributed by atoms with Crippen LogP contribution in [0.4, 0.5) is 10.5 Å². The largest absolute Gasteiger partial charge is 0.478 e. The molecule has 1 heterocycles. The topological polar surface area (TPSA) is 69.6 Å². The van der Waals surface area contributed by atoms with Crippen LogP contribution in [0.15, 0.2) is 30.4 Å². The second-order valence-corrected chi connectivity index (χ2v) is 4.42. The second-order valence-electron chi connectivity index (χ2n) is 4.42. The van der Waals surface area contributed by atoms with Crippen molar-refractivity contribution < 1.29 is 14.7 Å². The van der Waals surface area contributed by atoms with Crippen molar-refractivity contribution >= 4 is 17.7 Å². The Morgan fingerprint density at radius 1 is 1.32 bits per heavy atom. The fourth-order valence-corrected chi connectivity index (χ4v) is 2.02. The molecule has 0 spiro atoms. The number of benzene rings is 1. The van der Waals surface area contributed by atoms with E-state index in [2.05, 4.69) is 5.32 Å². The van der Waals surface area contributed by atoms with E-state index >= 15 is 0 Å². The fourth-order valence-electron chi connectivity index (χ4n) is 2.02. The van der Waals surface area contributed by atoms with Crippen LogP contribution in [0.3, 0.4) is 0 Å². The maximum absolute atomic E-state index is 12.0. The smallest absolute Gasteiger partial charge is 0.336 e. The summed E-state index contributed by atoms with van der Waals surface area (Å²) in [6.45, 7) is 2.96. The summed E-state index contributed by atoms with van der Waals surface area (Å²) in [7, 11) is 0. The van der Waals surface area contributed by atoms with E-state index in [1.54, 1.807) is 24.0 Å². The highest BCUT2D eigenvalue weighted by Crippen LogP contribution is 2.19. The number of nitrogens with zero attached hydrogens (tertiary/aromatic N) is 1. The minimum Gasteiger partial charge on any atom is -0.478 e. The van der Waals surface area contributed by atoms with Crippen LogP contribution in [0.5, 0.6) is 0 Å². The Morgan fingerprint density at radius 2 is 2.11 bits per heavy atom. The lowest BCUT2D eigenvalue weighted by molar-refractivity contribution is 0.0696. The molecule has 5 heteroatoms. The zero-order valence-corrected chi connectivity index (χ0v) is 10.7. The summed E-state index contributed by atoms with van der Waals surface area (Å²) < 4.78 is 0. The van der Waals surface area contributed by atoms with Crippen molar-refractivity contribution in [1.82, 2.24) is 4.90 Å². The molecule has 1 aromatic carbocycles. The van der Waals surface area contributed by atoms with Gasteiger partial charge in [0.2, 0.25) is 0 Å². The molecule has 100 valence electrons. The molecule has 1 aliphatic heterocycles. The monoisotopic (exact) mass is 260 g/mol. The number of amides is 2. The molecular weight excluding hydrogens is 244 g/mol. The molecule has 0 fully saturated rings. The van der Waals surface area contributed by atoms with Gasteiger partial charge in [-0.1, -0.05) is 18.2 Å². The Morgan fingerprint density at radius 3 is 2.74 bits per heavy atom. The number of aromatic carboxylic acids is 1. The van der Waals surface area contributed by atoms with Crippen LogP contribution in [0.1, 0.15) is 22.3 Å². The van der Waals surface area contributed by atoms with Crippen LogP contribution in [-0.2, 0) is 0 Å². The molecule has 1 aromatic rings. The minimum absolute atomic E-state index is 0.199. The van der Waals surface area contributed by atoms with E-state index in [1.165, 1.54) is 6.07 Å². The van der Waals surface area contributed by atoms with Gasteiger partial charge in [0.1, 0.15) is 0 Å². The molecule has 0 unspecified atom stereocenters. The maximum Gasteiger partial charge on any atom is 0.336 e. The summed E-state index contributed by atoms with van der Waals surface area (Å²) in [6, 6.07) is 4.66. The van der Waals surface area contributed by atoms with Gasteiger partial charge in [0.15, 0.2) is 0 Å². The summed E-state index contributed by atoms with van der Waals surface area (Å²) >= 11 is 0. The van der Waals surface area contributed by atoms with Crippen LogP contribution in [0.2, 0.25) is 0 Å². The number of carbonyl (C=O) groups excluding carboxylic acids is 1. The Hall–Kier alpha value is -2.30. The van der Waals surface area contributed by atoms with Gasteiger partial charge in [-0.3, -0.25) is 0 Å². The fraction of sp³-hybridized carbons (Fsp3) is 0.286. The van der Waals surface area contributed by atoms with Crippen LogP contribution in [0, 0.1) is 6.92 Å². The predicted molar refractivity (Wildman–Crippen MR) is 72.5 cm³/mol. The van der Waals surface area contributed by atoms with Gasteiger partial charge in [-0.15, -0.1) is 0 Å². The molecule has 5 nitrogen and oxygen atoms in total. The van der Waals surface area contributed by atoms with Gasteiger partial charge in [0.05, 0.1) is 5.56 Å². The van der Waals surface area contributed by atoms with Crippen molar-refractivity contribution in [2.45, 2.75) is 13.3 Å². The van der Waals surface area contributed by atoms with Crippen molar-refractivity contribution in [3.63, 3.8) is 0 Å². The van der Waals surface area contributed by atoms with Crippen molar-refractivity contribution in [1.29, 1.82) is 0 Å². The third kappa shape index (κ3) is 2.93. The van der Waals surface area contributed by atoms with E-state index < -0.39 is 5.97 Å². The van der Waals surface area contributed by atoms with Gasteiger partial charge in [-0.2, -0.15) is 0 Å². The second kappa shape index (κ2) is 5.56. The van der Waals surface area contributed by atoms with Crippen LogP contribution in [0.25, 0.3) is 0 Å². The van der Waals surface area contributed by atoms with E-state index in [1.807, 2.05) is 12.2 Å². The van der Waals surface area contributed by atoms with E-state index in [0.29, 0.717) is 24.3 Å². The number of carboxylic acids is 1. The molecule has 0 saturated heterocycles. The number of hydrogen-bond donors (Lipinski definition) is 2. The lowest BCUT2D eigenvalue weighted by Gasteiger charge is -2.24. The normalized spacial score (nSPS) is 14.3. The Labute approximate surface area is 111 Å². The first kappa shape index (κ1) is 13.1. The molecule has 0 radical (unpaired) electrons. The molecule has 0 bridgehead atoms. The number of carbonyl (C=O) groups is 2. The van der Waals surface area contributed by atoms with E-state index in [9.17, 15) is 9.59 Å². The van der Waals surface area contributed by atoms with Gasteiger partial charge in [-0.25, -0.2) is 9.59 Å². The van der Waals surface area contributed by atoms with Gasteiger partial charge in [-0.05, 0) is 31.0 Å². The molecule has 2 rings (SSSR count). The number of hydrogen-bond acceptors (Lipinski definition) is 2. The lowest BCUT2D eigenvalue weighted by Crippen LogP contribution is -2.37. The number of rotatable bonds is 2. The van der Waals surface area contributed by atoms with Crippen LogP contribution >= 0.6 is 0 Å². The molecule has 2 amide bonds. The molecule has 0 aromatic heterocycles. The highest BCUT2D eigenvalue weighted by molar-refractivity contribution is 5.95. The predicted octanol–water partition coefficient (Wildman–Crippen LogP) is 2.49. The molecule has 0 aliphatic carbocycles. The van der Waals surface area contributed by atoms with Gasteiger partial charge >= 0.3 is 12.0 Å². The molecule has 19 heavy (non-hydrogen) atoms. The van der Waals surface area contributed by atoms with E-state index in [4.69, 9.17) is 5.11 Å². The third-order valence-electron chi connectivity index (χ3n) is 3.15. The summed E-state index contributed by atoms with van der Waals surface area (Å²) in [5.74, 6) is -0.991. The average molecular weight is 260 g/mol. The maximum atomic E-state index is 12.0. The first-order chi connectivity index (χ1) is 9.09. The molecule has 2 N–H and O–H groups in total. The summed E-state index contributed by atoms with van der Waals surface area (Å²) in [5, 5.41) is 11.8. The third-order valence-corrected chi connectivity index (χ3v) is 3.15. The van der Waals surface area contributed by atoms with Crippen molar-refractivity contribution in [3.8, 4) is 0 Å². The van der Waals surface area contributed by atoms with Crippen molar-refractivity contribution in [2.24, 2.45) is 0 Å². The van der Waals surface area contributed by atoms with Gasteiger partial charge in [0.25, 0.3) is 0 Å². The summed E-state index contributed by atoms with van der Waals surface area (Å²) in [5.41, 5.74) is 1.31. The number of anilines is 1. The van der Waals surface area contributed by atoms with E-state index in [-0.39, 0.29) is 11.6 Å². The van der Waals surface area contributed by atoms with Crippen LogP contribution < -0.4 is 5.32 Å². The molecule has 0 atom stereocenters. The van der Waals surface area contributed by atoms with Crippen LogP contribution in [-0.4, -0.2) is 35.1 Å². The Balaban J connectivity index is 2.15. The van der Waals surface area contributed by atoms with Crippen molar-refractivity contribution in [3.05, 3.63) is 41.5 Å². The zero-order chi connectivity index (χ0) is 13.8. The highest BCUT2D eigenvalue weighted by Gasteiger charge is 2.16. The lowest BCUT2D eigenvalue weighted by atomic mass is 10.1. The Kier molecular flexibility index (Phi) is 3.85. The van der Waals surface area contributed by atoms with Gasteiger partial charge in [0, 0.05) is 18.8 Å².